The second-order valence-electron chi connectivity index (χ2n) is 5.24. The molecule has 0 saturated carbocycles. The topological polar surface area (TPSA) is 41.9 Å². The number of nitrogens with zero attached hydrogens (tertiary/aromatic N) is 1. The normalized spacial score (nSPS) is 24.4. The lowest BCUT2D eigenvalue weighted by atomic mass is 9.95. The highest BCUT2D eigenvalue weighted by molar-refractivity contribution is 5.45. The Labute approximate surface area is 114 Å². The van der Waals surface area contributed by atoms with E-state index in [1.807, 2.05) is 12.1 Å². The van der Waals surface area contributed by atoms with Crippen molar-refractivity contribution >= 4 is 0 Å². The smallest absolute Gasteiger partial charge is 0.162 e. The number of para-hydroxylation sites is 1. The van der Waals surface area contributed by atoms with Crippen LogP contribution in [0.15, 0.2) is 18.2 Å². The first-order valence-electron chi connectivity index (χ1n) is 6.75. The molecule has 1 aromatic carbocycles. The van der Waals surface area contributed by atoms with E-state index in [0.29, 0.717) is 11.7 Å². The van der Waals surface area contributed by atoms with Crippen LogP contribution >= 0.6 is 0 Å². The molecule has 2 atom stereocenters. The van der Waals surface area contributed by atoms with Crippen LogP contribution in [0.4, 0.5) is 0 Å². The quantitative estimate of drug-likeness (QED) is 0.906. The first-order chi connectivity index (χ1) is 9.15. The molecule has 1 saturated heterocycles. The van der Waals surface area contributed by atoms with Gasteiger partial charge in [-0.25, -0.2) is 0 Å². The van der Waals surface area contributed by atoms with Gasteiger partial charge in [-0.2, -0.15) is 0 Å². The molecule has 0 amide bonds. The van der Waals surface area contributed by atoms with Crippen LogP contribution in [0.5, 0.6) is 11.5 Å². The zero-order valence-corrected chi connectivity index (χ0v) is 11.9. The number of benzene rings is 1. The molecule has 1 aliphatic heterocycles. The standard InChI is InChI=1S/C15H23NO3/c1-11-7-8-16(10-14(11)19-3)9-12-5-4-6-13(18-2)15(12)17/h4-6,11,14,17H,7-10H2,1-3H3. The van der Waals surface area contributed by atoms with Crippen molar-refractivity contribution in [1.82, 2.24) is 4.90 Å². The van der Waals surface area contributed by atoms with E-state index >= 15 is 0 Å². The third-order valence-electron chi connectivity index (χ3n) is 3.97. The molecular weight excluding hydrogens is 242 g/mol. The lowest BCUT2D eigenvalue weighted by Crippen LogP contribution is -2.43. The summed E-state index contributed by atoms with van der Waals surface area (Å²) in [6.45, 7) is 4.91. The second kappa shape index (κ2) is 6.26. The van der Waals surface area contributed by atoms with Gasteiger partial charge in [0.15, 0.2) is 11.5 Å². The fraction of sp³-hybridized carbons (Fsp3) is 0.600. The van der Waals surface area contributed by atoms with Crippen LogP contribution in [0.2, 0.25) is 0 Å². The van der Waals surface area contributed by atoms with Gasteiger partial charge < -0.3 is 14.6 Å². The van der Waals surface area contributed by atoms with E-state index in [9.17, 15) is 5.11 Å². The average molecular weight is 265 g/mol. The van der Waals surface area contributed by atoms with Crippen molar-refractivity contribution in [3.05, 3.63) is 23.8 Å². The number of piperidine rings is 1. The van der Waals surface area contributed by atoms with Gasteiger partial charge in [-0.1, -0.05) is 19.1 Å². The van der Waals surface area contributed by atoms with E-state index in [1.165, 1.54) is 0 Å². The molecule has 1 fully saturated rings. The minimum atomic E-state index is 0.248. The van der Waals surface area contributed by atoms with E-state index in [2.05, 4.69) is 11.8 Å². The molecule has 1 N–H and O–H groups in total. The van der Waals surface area contributed by atoms with Crippen LogP contribution in [-0.2, 0) is 11.3 Å². The lowest BCUT2D eigenvalue weighted by Gasteiger charge is -2.36. The van der Waals surface area contributed by atoms with Crippen LogP contribution in [-0.4, -0.2) is 43.4 Å². The van der Waals surface area contributed by atoms with Gasteiger partial charge >= 0.3 is 0 Å². The van der Waals surface area contributed by atoms with Crippen LogP contribution < -0.4 is 4.74 Å². The molecule has 4 heteroatoms. The third kappa shape index (κ3) is 3.19. The molecule has 2 rings (SSSR count). The summed E-state index contributed by atoms with van der Waals surface area (Å²) in [4.78, 5) is 2.32. The number of hydrogen-bond donors (Lipinski definition) is 1. The highest BCUT2D eigenvalue weighted by Gasteiger charge is 2.26. The number of hydrogen-bond acceptors (Lipinski definition) is 4. The van der Waals surface area contributed by atoms with Gasteiger partial charge in [-0.3, -0.25) is 4.90 Å². The molecule has 1 aliphatic rings. The Bertz CT molecular complexity index is 422. The summed E-state index contributed by atoms with van der Waals surface area (Å²) in [5, 5.41) is 10.1. The number of phenols is 1. The molecule has 19 heavy (non-hydrogen) atoms. The molecule has 0 radical (unpaired) electrons. The van der Waals surface area contributed by atoms with Crippen LogP contribution in [0.1, 0.15) is 18.9 Å². The Kier molecular flexibility index (Phi) is 4.66. The van der Waals surface area contributed by atoms with Crippen molar-refractivity contribution in [2.24, 2.45) is 5.92 Å². The summed E-state index contributed by atoms with van der Waals surface area (Å²) in [6, 6.07) is 5.63. The molecule has 1 aromatic rings. The molecule has 0 bridgehead atoms. The van der Waals surface area contributed by atoms with E-state index in [-0.39, 0.29) is 11.9 Å². The van der Waals surface area contributed by atoms with Gasteiger partial charge in [0.05, 0.1) is 13.2 Å². The monoisotopic (exact) mass is 265 g/mol. The first kappa shape index (κ1) is 14.2. The highest BCUT2D eigenvalue weighted by Crippen LogP contribution is 2.31. The summed E-state index contributed by atoms with van der Waals surface area (Å²) in [5.74, 6) is 1.38. The van der Waals surface area contributed by atoms with Crippen LogP contribution in [0, 0.1) is 5.92 Å². The Morgan fingerprint density at radius 1 is 1.37 bits per heavy atom. The first-order valence-corrected chi connectivity index (χ1v) is 6.75. The number of methoxy groups -OCH3 is 2. The zero-order valence-electron chi connectivity index (χ0n) is 11.9. The van der Waals surface area contributed by atoms with Crippen LogP contribution in [0.25, 0.3) is 0 Å². The molecule has 0 aliphatic carbocycles. The molecule has 2 unspecified atom stereocenters. The molecular formula is C15H23NO3. The van der Waals surface area contributed by atoms with Gasteiger partial charge in [0.25, 0.3) is 0 Å². The van der Waals surface area contributed by atoms with Crippen molar-refractivity contribution in [2.75, 3.05) is 27.3 Å². The molecule has 4 nitrogen and oxygen atoms in total. The van der Waals surface area contributed by atoms with Crippen LogP contribution in [0.3, 0.4) is 0 Å². The Balaban J connectivity index is 2.05. The molecule has 0 aromatic heterocycles. The van der Waals surface area contributed by atoms with Crippen molar-refractivity contribution in [3.63, 3.8) is 0 Å². The van der Waals surface area contributed by atoms with E-state index < -0.39 is 0 Å². The summed E-state index contributed by atoms with van der Waals surface area (Å²) < 4.78 is 10.7. The van der Waals surface area contributed by atoms with Gasteiger partial charge in [-0.15, -0.1) is 0 Å². The minimum absolute atomic E-state index is 0.248. The number of phenolic OH excluding ortho intramolecular Hbond substituents is 1. The lowest BCUT2D eigenvalue weighted by molar-refractivity contribution is -0.00764. The fourth-order valence-electron chi connectivity index (χ4n) is 2.65. The Morgan fingerprint density at radius 3 is 2.84 bits per heavy atom. The van der Waals surface area contributed by atoms with Crippen molar-refractivity contribution in [2.45, 2.75) is 26.0 Å². The molecule has 0 spiro atoms. The summed E-state index contributed by atoms with van der Waals surface area (Å²) in [7, 11) is 3.34. The van der Waals surface area contributed by atoms with Crippen molar-refractivity contribution in [1.29, 1.82) is 0 Å². The molecule has 1 heterocycles. The zero-order chi connectivity index (χ0) is 13.8. The minimum Gasteiger partial charge on any atom is -0.504 e. The third-order valence-corrected chi connectivity index (χ3v) is 3.97. The average Bonchev–Trinajstić information content (AvgIpc) is 2.43. The maximum Gasteiger partial charge on any atom is 0.162 e. The number of rotatable bonds is 4. The fourth-order valence-corrected chi connectivity index (χ4v) is 2.65. The maximum absolute atomic E-state index is 10.1. The summed E-state index contributed by atoms with van der Waals surface area (Å²) >= 11 is 0. The Morgan fingerprint density at radius 2 is 2.16 bits per heavy atom. The van der Waals surface area contributed by atoms with Gasteiger partial charge in [0.1, 0.15) is 0 Å². The number of ether oxygens (including phenoxy) is 2. The summed E-state index contributed by atoms with van der Waals surface area (Å²) in [6.07, 6.45) is 1.41. The summed E-state index contributed by atoms with van der Waals surface area (Å²) in [5.41, 5.74) is 0.906. The largest absolute Gasteiger partial charge is 0.504 e. The van der Waals surface area contributed by atoms with E-state index in [4.69, 9.17) is 9.47 Å². The molecule has 106 valence electrons. The highest BCUT2D eigenvalue weighted by atomic mass is 16.5. The van der Waals surface area contributed by atoms with E-state index in [1.54, 1.807) is 20.3 Å². The van der Waals surface area contributed by atoms with Crippen molar-refractivity contribution in [3.8, 4) is 11.5 Å². The predicted octanol–water partition coefficient (Wildman–Crippen LogP) is 2.26. The SMILES string of the molecule is COc1cccc(CN2CCC(C)C(OC)C2)c1O. The van der Waals surface area contributed by atoms with Gasteiger partial charge in [0, 0.05) is 25.8 Å². The second-order valence-corrected chi connectivity index (χ2v) is 5.24. The maximum atomic E-state index is 10.1. The van der Waals surface area contributed by atoms with Gasteiger partial charge in [0.2, 0.25) is 0 Å². The van der Waals surface area contributed by atoms with Crippen molar-refractivity contribution < 1.29 is 14.6 Å². The number of likely N-dealkylation sites (tertiary alicyclic amines) is 1. The number of aromatic hydroxyl groups is 1. The predicted molar refractivity (Wildman–Crippen MR) is 74.5 cm³/mol. The van der Waals surface area contributed by atoms with Gasteiger partial charge in [-0.05, 0) is 24.9 Å². The van der Waals surface area contributed by atoms with E-state index in [0.717, 1.165) is 31.6 Å². The Hall–Kier alpha value is -1.26.